The lowest BCUT2D eigenvalue weighted by molar-refractivity contribution is 0.0850. The van der Waals surface area contributed by atoms with Gasteiger partial charge in [0.25, 0.3) is 0 Å². The molecule has 2 aromatic rings. The van der Waals surface area contributed by atoms with E-state index in [4.69, 9.17) is 9.47 Å². The number of rotatable bonds is 2. The Morgan fingerprint density at radius 1 is 1.20 bits per heavy atom. The summed E-state index contributed by atoms with van der Waals surface area (Å²) >= 11 is 3.40. The van der Waals surface area contributed by atoms with Crippen LogP contribution in [0.2, 0.25) is 0 Å². The number of ether oxygens (including phenoxy) is 2. The first-order valence-corrected chi connectivity index (χ1v) is 7.10. The van der Waals surface area contributed by atoms with Crippen LogP contribution in [0.3, 0.4) is 0 Å². The van der Waals surface area contributed by atoms with Gasteiger partial charge >= 0.3 is 0 Å². The molecule has 1 aliphatic rings. The highest BCUT2D eigenvalue weighted by atomic mass is 79.9. The molecule has 0 saturated heterocycles. The van der Waals surface area contributed by atoms with Crippen molar-refractivity contribution < 1.29 is 14.3 Å². The number of halogens is 1. The van der Waals surface area contributed by atoms with E-state index in [0.29, 0.717) is 17.7 Å². The summed E-state index contributed by atoms with van der Waals surface area (Å²) in [5, 5.41) is 0. The quantitative estimate of drug-likeness (QED) is 0.828. The molecule has 4 heteroatoms. The fourth-order valence-corrected chi connectivity index (χ4v) is 2.64. The molecule has 102 valence electrons. The van der Waals surface area contributed by atoms with E-state index in [1.807, 2.05) is 36.4 Å². The zero-order chi connectivity index (χ0) is 14.1. The van der Waals surface area contributed by atoms with Gasteiger partial charge in [-0.05, 0) is 35.9 Å². The van der Waals surface area contributed by atoms with Gasteiger partial charge in [-0.2, -0.15) is 0 Å². The Balaban J connectivity index is 1.91. The van der Waals surface area contributed by atoms with Crippen molar-refractivity contribution in [1.29, 1.82) is 0 Å². The predicted molar refractivity (Wildman–Crippen MR) is 79.5 cm³/mol. The highest BCUT2D eigenvalue weighted by Crippen LogP contribution is 2.36. The Morgan fingerprint density at radius 2 is 1.95 bits per heavy atom. The first-order valence-electron chi connectivity index (χ1n) is 6.31. The normalized spacial score (nSPS) is 17.3. The molecule has 0 N–H and O–H groups in total. The van der Waals surface area contributed by atoms with Gasteiger partial charge < -0.3 is 9.47 Å². The molecule has 0 saturated carbocycles. The number of carbonyl (C=O) groups excluding carboxylic acids is 1. The first kappa shape index (κ1) is 13.2. The van der Waals surface area contributed by atoms with E-state index in [-0.39, 0.29) is 11.9 Å². The minimum atomic E-state index is -0.241. The Hall–Kier alpha value is -1.81. The van der Waals surface area contributed by atoms with E-state index in [2.05, 4.69) is 15.9 Å². The van der Waals surface area contributed by atoms with Gasteiger partial charge in [0.1, 0.15) is 17.6 Å². The molecular weight excluding hydrogens is 320 g/mol. The highest BCUT2D eigenvalue weighted by molar-refractivity contribution is 9.10. The third kappa shape index (κ3) is 2.43. The molecule has 0 aliphatic carbocycles. The molecule has 3 rings (SSSR count). The third-order valence-electron chi connectivity index (χ3n) is 3.37. The van der Waals surface area contributed by atoms with Crippen molar-refractivity contribution in [2.45, 2.75) is 12.5 Å². The second-order valence-electron chi connectivity index (χ2n) is 4.65. The van der Waals surface area contributed by atoms with E-state index >= 15 is 0 Å². The second-order valence-corrected chi connectivity index (χ2v) is 5.56. The number of ketones is 1. The van der Waals surface area contributed by atoms with Crippen LogP contribution in [0.5, 0.6) is 11.5 Å². The average molecular weight is 333 g/mol. The molecular formula is C16H13BrO3. The summed E-state index contributed by atoms with van der Waals surface area (Å²) < 4.78 is 12.0. The molecule has 0 fully saturated rings. The van der Waals surface area contributed by atoms with Crippen LogP contribution >= 0.6 is 15.9 Å². The molecule has 0 radical (unpaired) electrons. The number of benzene rings is 2. The van der Waals surface area contributed by atoms with Gasteiger partial charge in [0.15, 0.2) is 5.78 Å². The third-order valence-corrected chi connectivity index (χ3v) is 3.86. The maximum Gasteiger partial charge on any atom is 0.170 e. The summed E-state index contributed by atoms with van der Waals surface area (Å²) in [6, 6.07) is 13.1. The maximum absolute atomic E-state index is 12.2. The lowest BCUT2D eigenvalue weighted by Gasteiger charge is -2.25. The van der Waals surface area contributed by atoms with E-state index < -0.39 is 0 Å². The molecule has 0 spiro atoms. The Bertz CT molecular complexity index is 649. The highest BCUT2D eigenvalue weighted by Gasteiger charge is 2.27. The second kappa shape index (κ2) is 5.29. The van der Waals surface area contributed by atoms with E-state index in [1.165, 1.54) is 0 Å². The predicted octanol–water partition coefficient (Wildman–Crippen LogP) is 4.16. The Morgan fingerprint density at radius 3 is 2.65 bits per heavy atom. The molecule has 0 aromatic heterocycles. The molecule has 20 heavy (non-hydrogen) atoms. The van der Waals surface area contributed by atoms with Crippen LogP contribution in [0.15, 0.2) is 46.9 Å². The van der Waals surface area contributed by atoms with Crippen molar-refractivity contribution in [2.75, 3.05) is 7.11 Å². The number of hydrogen-bond donors (Lipinski definition) is 0. The van der Waals surface area contributed by atoms with Crippen LogP contribution in [0, 0.1) is 0 Å². The lowest BCUT2D eigenvalue weighted by atomic mass is 9.96. The van der Waals surface area contributed by atoms with Gasteiger partial charge in [-0.15, -0.1) is 0 Å². The molecule has 1 aliphatic heterocycles. The monoisotopic (exact) mass is 332 g/mol. The summed E-state index contributed by atoms with van der Waals surface area (Å²) in [7, 11) is 1.63. The minimum Gasteiger partial charge on any atom is -0.497 e. The zero-order valence-corrected chi connectivity index (χ0v) is 12.5. The van der Waals surface area contributed by atoms with E-state index in [1.54, 1.807) is 13.2 Å². The molecule has 0 amide bonds. The maximum atomic E-state index is 12.2. The van der Waals surface area contributed by atoms with Gasteiger partial charge in [0.2, 0.25) is 0 Å². The van der Waals surface area contributed by atoms with Crippen molar-refractivity contribution in [3.63, 3.8) is 0 Å². The molecule has 1 unspecified atom stereocenters. The zero-order valence-electron chi connectivity index (χ0n) is 10.9. The number of Topliss-reactive ketones (excluding diaryl/α,β-unsaturated/α-hetero) is 1. The van der Waals surface area contributed by atoms with E-state index in [0.717, 1.165) is 15.8 Å². The number of hydrogen-bond acceptors (Lipinski definition) is 3. The summed E-state index contributed by atoms with van der Waals surface area (Å²) in [5.74, 6) is 1.54. The molecule has 2 aromatic carbocycles. The molecule has 1 atom stereocenters. The fraction of sp³-hybridized carbons (Fsp3) is 0.188. The first-order chi connectivity index (χ1) is 9.67. The van der Waals surface area contributed by atoms with Crippen molar-refractivity contribution in [3.05, 3.63) is 58.1 Å². The topological polar surface area (TPSA) is 35.5 Å². The van der Waals surface area contributed by atoms with Gasteiger partial charge in [-0.1, -0.05) is 28.1 Å². The van der Waals surface area contributed by atoms with Crippen molar-refractivity contribution in [2.24, 2.45) is 0 Å². The van der Waals surface area contributed by atoms with Crippen molar-refractivity contribution >= 4 is 21.7 Å². The van der Waals surface area contributed by atoms with Crippen LogP contribution in [0.1, 0.15) is 28.4 Å². The Labute approximate surface area is 125 Å². The molecule has 0 bridgehead atoms. The van der Waals surface area contributed by atoms with E-state index in [9.17, 15) is 4.79 Å². The van der Waals surface area contributed by atoms with Crippen molar-refractivity contribution in [1.82, 2.24) is 0 Å². The summed E-state index contributed by atoms with van der Waals surface area (Å²) in [4.78, 5) is 12.2. The summed E-state index contributed by atoms with van der Waals surface area (Å²) in [6.07, 6.45) is 0.122. The molecule has 3 nitrogen and oxygen atoms in total. The largest absolute Gasteiger partial charge is 0.497 e. The van der Waals surface area contributed by atoms with Gasteiger partial charge in [-0.3, -0.25) is 4.79 Å². The SMILES string of the molecule is COc1ccc(C2CC(=O)c3ccc(Br)cc3O2)cc1. The lowest BCUT2D eigenvalue weighted by Crippen LogP contribution is -2.20. The van der Waals surface area contributed by atoms with Crippen LogP contribution < -0.4 is 9.47 Å². The van der Waals surface area contributed by atoms with Gasteiger partial charge in [-0.25, -0.2) is 0 Å². The smallest absolute Gasteiger partial charge is 0.170 e. The summed E-state index contributed by atoms with van der Waals surface area (Å²) in [6.45, 7) is 0. The van der Waals surface area contributed by atoms with Crippen LogP contribution in [-0.4, -0.2) is 12.9 Å². The Kier molecular flexibility index (Phi) is 3.49. The summed E-state index contributed by atoms with van der Waals surface area (Å²) in [5.41, 5.74) is 1.63. The fourth-order valence-electron chi connectivity index (χ4n) is 2.30. The van der Waals surface area contributed by atoms with Crippen LogP contribution in [-0.2, 0) is 0 Å². The average Bonchev–Trinajstić information content (AvgIpc) is 2.46. The number of carbonyl (C=O) groups is 1. The van der Waals surface area contributed by atoms with Crippen LogP contribution in [0.25, 0.3) is 0 Å². The number of methoxy groups -OCH3 is 1. The van der Waals surface area contributed by atoms with Gasteiger partial charge in [0.05, 0.1) is 19.1 Å². The molecule has 1 heterocycles. The van der Waals surface area contributed by atoms with Crippen LogP contribution in [0.4, 0.5) is 0 Å². The number of fused-ring (bicyclic) bond motifs is 1. The standard InChI is InChI=1S/C16H13BrO3/c1-19-12-5-2-10(3-6-12)15-9-14(18)13-7-4-11(17)8-16(13)20-15/h2-8,15H,9H2,1H3. The minimum absolute atomic E-state index is 0.111. The van der Waals surface area contributed by atoms with Crippen molar-refractivity contribution in [3.8, 4) is 11.5 Å². The van der Waals surface area contributed by atoms with Gasteiger partial charge in [0, 0.05) is 4.47 Å².